The van der Waals surface area contributed by atoms with Gasteiger partial charge >= 0.3 is 6.09 Å². The lowest BCUT2D eigenvalue weighted by Gasteiger charge is -2.45. The van der Waals surface area contributed by atoms with Crippen molar-refractivity contribution in [2.45, 2.75) is 43.2 Å². The first-order valence-corrected chi connectivity index (χ1v) is 10.6. The SMILES string of the molecule is C[N+]1(C)[C@@H]2CC(OC(=O)Nc3ccc(F)cc3-c3ccsc3)C[C@H]1[C@H]1O[C@H]12.O=C[O-]. The zero-order valence-corrected chi connectivity index (χ0v) is 17.4. The zero-order chi connectivity index (χ0) is 21.5. The van der Waals surface area contributed by atoms with E-state index in [-0.39, 0.29) is 11.9 Å². The predicted octanol–water partition coefficient (Wildman–Crippen LogP) is 2.23. The van der Waals surface area contributed by atoms with Crippen LogP contribution in [0.4, 0.5) is 14.9 Å². The van der Waals surface area contributed by atoms with E-state index in [1.54, 1.807) is 6.07 Å². The third kappa shape index (κ3) is 3.80. The van der Waals surface area contributed by atoms with E-state index in [1.165, 1.54) is 23.5 Å². The fourth-order valence-corrected chi connectivity index (χ4v) is 5.53. The molecule has 4 heterocycles. The summed E-state index contributed by atoms with van der Waals surface area (Å²) >= 11 is 1.53. The summed E-state index contributed by atoms with van der Waals surface area (Å²) in [6, 6.07) is 7.04. The molecule has 3 aliphatic rings. The zero-order valence-electron chi connectivity index (χ0n) is 16.6. The van der Waals surface area contributed by atoms with Gasteiger partial charge in [0.15, 0.2) is 0 Å². The van der Waals surface area contributed by atoms with E-state index in [0.29, 0.717) is 35.5 Å². The third-order valence-electron chi connectivity index (χ3n) is 6.36. The first kappa shape index (κ1) is 20.8. The van der Waals surface area contributed by atoms with E-state index in [9.17, 15) is 9.18 Å². The number of ether oxygens (including phenoxy) is 2. The van der Waals surface area contributed by atoms with Gasteiger partial charge in [0.2, 0.25) is 0 Å². The topological polar surface area (TPSA) is 91.0 Å². The maximum Gasteiger partial charge on any atom is 0.411 e. The number of carbonyl (C=O) groups excluding carboxylic acids is 2. The molecular formula is C21H23FN2O5S. The molecule has 30 heavy (non-hydrogen) atoms. The predicted molar refractivity (Wildman–Crippen MR) is 107 cm³/mol. The number of anilines is 1. The molecule has 0 spiro atoms. The molecule has 9 heteroatoms. The minimum atomic E-state index is -0.500. The van der Waals surface area contributed by atoms with E-state index < -0.39 is 12.6 Å². The Morgan fingerprint density at radius 2 is 1.97 bits per heavy atom. The molecule has 3 saturated heterocycles. The lowest BCUT2D eigenvalue weighted by Crippen LogP contribution is -2.60. The molecule has 3 aliphatic heterocycles. The Balaban J connectivity index is 0.000000687. The van der Waals surface area contributed by atoms with Crippen LogP contribution in [0.2, 0.25) is 0 Å². The molecule has 1 N–H and O–H groups in total. The minimum absolute atomic E-state index is 0.104. The molecule has 0 aliphatic carbocycles. The van der Waals surface area contributed by atoms with Crippen LogP contribution in [0.3, 0.4) is 0 Å². The van der Waals surface area contributed by atoms with Crippen molar-refractivity contribution >= 4 is 29.6 Å². The van der Waals surface area contributed by atoms with E-state index in [2.05, 4.69) is 19.4 Å². The van der Waals surface area contributed by atoms with E-state index in [4.69, 9.17) is 19.4 Å². The lowest BCUT2D eigenvalue weighted by atomic mass is 9.96. The molecule has 5 atom stereocenters. The largest absolute Gasteiger partial charge is 0.554 e. The van der Waals surface area contributed by atoms with Gasteiger partial charge in [-0.3, -0.25) is 5.32 Å². The third-order valence-corrected chi connectivity index (χ3v) is 7.05. The summed E-state index contributed by atoms with van der Waals surface area (Å²) in [5.41, 5.74) is 2.09. The number of hydrogen-bond acceptors (Lipinski definition) is 6. The second-order valence-electron chi connectivity index (χ2n) is 8.25. The lowest BCUT2D eigenvalue weighted by molar-refractivity contribution is -0.938. The first-order chi connectivity index (χ1) is 14.3. The van der Waals surface area contributed by atoms with Gasteiger partial charge < -0.3 is 23.9 Å². The van der Waals surface area contributed by atoms with Gasteiger partial charge in [-0.15, -0.1) is 0 Å². The summed E-state index contributed by atoms with van der Waals surface area (Å²) in [5.74, 6) is -0.335. The van der Waals surface area contributed by atoms with Crippen LogP contribution in [0.15, 0.2) is 35.0 Å². The van der Waals surface area contributed by atoms with Gasteiger partial charge in [0.25, 0.3) is 0 Å². The highest BCUT2D eigenvalue weighted by Gasteiger charge is 2.70. The Hall–Kier alpha value is -2.49. The number of morpholine rings is 1. The summed E-state index contributed by atoms with van der Waals surface area (Å²) < 4.78 is 26.2. The first-order valence-electron chi connectivity index (χ1n) is 9.69. The molecule has 0 saturated carbocycles. The van der Waals surface area contributed by atoms with Gasteiger partial charge in [-0.25, -0.2) is 9.18 Å². The van der Waals surface area contributed by atoms with Crippen molar-refractivity contribution in [1.29, 1.82) is 0 Å². The number of benzene rings is 1. The number of nitrogens with one attached hydrogen (secondary N) is 1. The van der Waals surface area contributed by atoms with Gasteiger partial charge in [-0.1, -0.05) is 0 Å². The average Bonchev–Trinajstić information content (AvgIpc) is 3.24. The second-order valence-corrected chi connectivity index (χ2v) is 9.03. The maximum atomic E-state index is 13.7. The number of halogens is 1. The van der Waals surface area contributed by atoms with Gasteiger partial charge in [0.05, 0.1) is 19.8 Å². The normalized spacial score (nSPS) is 29.8. The number of piperidine rings is 1. The van der Waals surface area contributed by atoms with Crippen molar-refractivity contribution in [3.05, 3.63) is 40.8 Å². The Kier molecular flexibility index (Phi) is 5.52. The number of rotatable bonds is 3. The molecule has 160 valence electrons. The van der Waals surface area contributed by atoms with Crippen molar-refractivity contribution in [2.75, 3.05) is 19.4 Å². The second kappa shape index (κ2) is 7.98. The summed E-state index contributed by atoms with van der Waals surface area (Å²) in [6.45, 7) is -0.500. The number of epoxide rings is 1. The summed E-state index contributed by atoms with van der Waals surface area (Å²) in [6.07, 6.45) is 1.70. The molecule has 1 aromatic heterocycles. The molecule has 7 nitrogen and oxygen atoms in total. The van der Waals surface area contributed by atoms with Crippen LogP contribution >= 0.6 is 11.3 Å². The molecule has 2 aromatic rings. The van der Waals surface area contributed by atoms with Crippen molar-refractivity contribution in [3.8, 4) is 11.1 Å². The smallest absolute Gasteiger partial charge is 0.411 e. The van der Waals surface area contributed by atoms with Crippen LogP contribution in [0.5, 0.6) is 0 Å². The average molecular weight is 434 g/mol. The van der Waals surface area contributed by atoms with Crippen LogP contribution in [-0.2, 0) is 14.3 Å². The molecular weight excluding hydrogens is 411 g/mol. The van der Waals surface area contributed by atoms with Crippen LogP contribution in [-0.4, -0.2) is 61.5 Å². The highest BCUT2D eigenvalue weighted by atomic mass is 32.1. The summed E-state index contributed by atoms with van der Waals surface area (Å²) in [5, 5.41) is 14.9. The quantitative estimate of drug-likeness (QED) is 0.455. The van der Waals surface area contributed by atoms with Crippen molar-refractivity contribution in [2.24, 2.45) is 0 Å². The fraction of sp³-hybridized carbons (Fsp3) is 0.429. The molecule has 2 bridgehead atoms. The van der Waals surface area contributed by atoms with Crippen LogP contribution in [0.25, 0.3) is 11.1 Å². The number of quaternary nitrogens is 1. The number of likely N-dealkylation sites (N-methyl/N-ethyl adjacent to an activating group) is 1. The Bertz CT molecular complexity index is 915. The van der Waals surface area contributed by atoms with Gasteiger partial charge in [0.1, 0.15) is 36.2 Å². The highest BCUT2D eigenvalue weighted by Crippen LogP contribution is 2.51. The van der Waals surface area contributed by atoms with Crippen molar-refractivity contribution in [1.82, 2.24) is 0 Å². The minimum Gasteiger partial charge on any atom is -0.554 e. The summed E-state index contributed by atoms with van der Waals surface area (Å²) in [7, 11) is 4.49. The van der Waals surface area contributed by atoms with Crippen molar-refractivity contribution < 1.29 is 33.0 Å². The number of thiophene rings is 1. The molecule has 1 amide bonds. The molecule has 0 radical (unpaired) electrons. The highest BCUT2D eigenvalue weighted by molar-refractivity contribution is 7.08. The van der Waals surface area contributed by atoms with E-state index >= 15 is 0 Å². The van der Waals surface area contributed by atoms with E-state index in [0.717, 1.165) is 22.9 Å². The number of fused-ring (bicyclic) bond motifs is 5. The number of hydrogen-bond donors (Lipinski definition) is 1. The van der Waals surface area contributed by atoms with Gasteiger partial charge in [0, 0.05) is 24.9 Å². The number of nitrogens with zero attached hydrogens (tertiary/aromatic N) is 1. The molecule has 1 unspecified atom stereocenters. The Morgan fingerprint density at radius 1 is 1.30 bits per heavy atom. The fourth-order valence-electron chi connectivity index (χ4n) is 4.87. The summed E-state index contributed by atoms with van der Waals surface area (Å²) in [4.78, 5) is 20.8. The standard InChI is InChI=1S/C20H21FN2O3S.CH2O2/c1-23(2)16-8-13(9-17(23)19-18(16)26-19)25-20(24)22-15-4-3-12(21)7-14(15)11-5-6-27-10-11;2-1-3/h3-7,10,13,16-19H,8-9H2,1-2H3;1H,(H,2,3)/t13?,16-,17+,18+,19-;. The number of carboxylic acid groups (broad SMARTS) is 1. The number of carbonyl (C=O) groups is 2. The number of amides is 1. The maximum absolute atomic E-state index is 13.7. The van der Waals surface area contributed by atoms with Crippen molar-refractivity contribution in [3.63, 3.8) is 0 Å². The monoisotopic (exact) mass is 434 g/mol. The Morgan fingerprint density at radius 3 is 2.57 bits per heavy atom. The van der Waals surface area contributed by atoms with Gasteiger partial charge in [-0.05, 0) is 40.6 Å². The molecule has 1 aromatic carbocycles. The molecule has 3 fully saturated rings. The van der Waals surface area contributed by atoms with Crippen LogP contribution < -0.4 is 10.4 Å². The Labute approximate surface area is 177 Å². The molecule has 5 rings (SSSR count). The van der Waals surface area contributed by atoms with Crippen LogP contribution in [0, 0.1) is 5.82 Å². The van der Waals surface area contributed by atoms with Crippen LogP contribution in [0.1, 0.15) is 12.8 Å². The van der Waals surface area contributed by atoms with E-state index in [1.807, 2.05) is 16.8 Å². The van der Waals surface area contributed by atoms with Gasteiger partial charge in [-0.2, -0.15) is 11.3 Å².